The molecule has 1 aliphatic rings. The summed E-state index contributed by atoms with van der Waals surface area (Å²) in [6.45, 7) is 4.08. The van der Waals surface area contributed by atoms with E-state index in [-0.39, 0.29) is 17.7 Å². The Morgan fingerprint density at radius 3 is 2.44 bits per heavy atom. The number of aryl methyl sites for hydroxylation is 1. The van der Waals surface area contributed by atoms with Crippen LogP contribution in [-0.2, 0) is 13.0 Å². The number of benzene rings is 3. The molecule has 2 amide bonds. The number of nitrogens with zero attached hydrogens (tertiary/aromatic N) is 1. The van der Waals surface area contributed by atoms with E-state index in [2.05, 4.69) is 18.3 Å². The maximum Gasteiger partial charge on any atom is 0.253 e. The van der Waals surface area contributed by atoms with Gasteiger partial charge in [0.05, 0.1) is 0 Å². The van der Waals surface area contributed by atoms with Gasteiger partial charge < -0.3 is 10.2 Å². The third-order valence-corrected chi connectivity index (χ3v) is 6.23. The van der Waals surface area contributed by atoms with Crippen molar-refractivity contribution in [2.24, 2.45) is 0 Å². The summed E-state index contributed by atoms with van der Waals surface area (Å²) in [7, 11) is 0. The molecule has 1 unspecified atom stereocenters. The average molecular weight is 427 g/mol. The third kappa shape index (κ3) is 5.25. The molecule has 1 fully saturated rings. The van der Waals surface area contributed by atoms with E-state index in [4.69, 9.17) is 0 Å². The van der Waals surface area contributed by atoms with Crippen LogP contribution in [-0.4, -0.2) is 29.8 Å². The normalized spacial score (nSPS) is 15.9. The fraction of sp³-hybridized carbons (Fsp3) is 0.286. The largest absolute Gasteiger partial charge is 0.348 e. The Hall–Kier alpha value is -3.40. The number of nitrogens with one attached hydrogen (secondary N) is 1. The van der Waals surface area contributed by atoms with E-state index in [1.54, 1.807) is 0 Å². The second-order valence-electron chi connectivity index (χ2n) is 8.43. The molecular weight excluding hydrogens is 396 g/mol. The van der Waals surface area contributed by atoms with Crippen LogP contribution in [0.2, 0.25) is 0 Å². The standard InChI is InChI=1S/C28H30N2O2/c1-2-21-13-15-23(16-14-21)28(32)30-17-7-12-26(20-30)24-10-6-11-25(18-24)27(31)29-19-22-8-4-3-5-9-22/h3-6,8-11,13-16,18,26H,2,7,12,17,19-20H2,1H3,(H,29,31). The zero-order valence-electron chi connectivity index (χ0n) is 18.6. The molecule has 3 aromatic carbocycles. The van der Waals surface area contributed by atoms with Gasteiger partial charge in [-0.2, -0.15) is 0 Å². The van der Waals surface area contributed by atoms with Crippen molar-refractivity contribution in [2.75, 3.05) is 13.1 Å². The van der Waals surface area contributed by atoms with Gasteiger partial charge in [0, 0.05) is 36.7 Å². The SMILES string of the molecule is CCc1ccc(C(=O)N2CCCC(c3cccc(C(=O)NCc4ccccc4)c3)C2)cc1. The summed E-state index contributed by atoms with van der Waals surface area (Å²) in [5.74, 6) is 0.258. The number of rotatable bonds is 6. The highest BCUT2D eigenvalue weighted by Gasteiger charge is 2.26. The lowest BCUT2D eigenvalue weighted by Crippen LogP contribution is -2.39. The Bertz CT molecular complexity index is 1060. The molecule has 1 atom stereocenters. The fourth-order valence-corrected chi connectivity index (χ4v) is 4.31. The molecule has 164 valence electrons. The zero-order chi connectivity index (χ0) is 22.3. The quantitative estimate of drug-likeness (QED) is 0.589. The Kier molecular flexibility index (Phi) is 7.00. The van der Waals surface area contributed by atoms with E-state index in [1.807, 2.05) is 77.7 Å². The number of hydrogen-bond acceptors (Lipinski definition) is 2. The molecule has 0 radical (unpaired) electrons. The molecule has 4 heteroatoms. The first-order chi connectivity index (χ1) is 15.6. The van der Waals surface area contributed by atoms with Crippen LogP contribution >= 0.6 is 0 Å². The van der Waals surface area contributed by atoms with E-state index in [0.29, 0.717) is 18.7 Å². The highest BCUT2D eigenvalue weighted by atomic mass is 16.2. The highest BCUT2D eigenvalue weighted by Crippen LogP contribution is 2.28. The van der Waals surface area contributed by atoms with Crippen molar-refractivity contribution in [3.63, 3.8) is 0 Å². The third-order valence-electron chi connectivity index (χ3n) is 6.23. The second-order valence-corrected chi connectivity index (χ2v) is 8.43. The summed E-state index contributed by atoms with van der Waals surface area (Å²) < 4.78 is 0. The van der Waals surface area contributed by atoms with Crippen LogP contribution in [0, 0.1) is 0 Å². The van der Waals surface area contributed by atoms with Crippen molar-refractivity contribution in [1.29, 1.82) is 0 Å². The Balaban J connectivity index is 1.41. The molecule has 1 N–H and O–H groups in total. The van der Waals surface area contributed by atoms with Gasteiger partial charge in [0.1, 0.15) is 0 Å². The number of carbonyl (C=O) groups excluding carboxylic acids is 2. The minimum absolute atomic E-state index is 0.0736. The number of piperidine rings is 1. The maximum absolute atomic E-state index is 13.0. The van der Waals surface area contributed by atoms with Gasteiger partial charge in [-0.3, -0.25) is 9.59 Å². The van der Waals surface area contributed by atoms with Crippen LogP contribution in [0.4, 0.5) is 0 Å². The van der Waals surface area contributed by atoms with Crippen molar-refractivity contribution >= 4 is 11.8 Å². The van der Waals surface area contributed by atoms with Gasteiger partial charge in [-0.15, -0.1) is 0 Å². The van der Waals surface area contributed by atoms with E-state index in [9.17, 15) is 9.59 Å². The summed E-state index contributed by atoms with van der Waals surface area (Å²) in [6, 6.07) is 25.7. The van der Waals surface area contributed by atoms with Crippen molar-refractivity contribution in [2.45, 2.75) is 38.6 Å². The van der Waals surface area contributed by atoms with E-state index < -0.39 is 0 Å². The van der Waals surface area contributed by atoms with Crippen LogP contribution in [0.25, 0.3) is 0 Å². The van der Waals surface area contributed by atoms with Crippen molar-refractivity contribution in [1.82, 2.24) is 10.2 Å². The number of carbonyl (C=O) groups is 2. The number of likely N-dealkylation sites (tertiary alicyclic amines) is 1. The summed E-state index contributed by atoms with van der Waals surface area (Å²) >= 11 is 0. The molecule has 4 rings (SSSR count). The van der Waals surface area contributed by atoms with Gasteiger partial charge in [-0.1, -0.05) is 61.5 Å². The first-order valence-corrected chi connectivity index (χ1v) is 11.4. The first kappa shape index (κ1) is 21.8. The molecular formula is C28H30N2O2. The van der Waals surface area contributed by atoms with Crippen LogP contribution in [0.5, 0.6) is 0 Å². The van der Waals surface area contributed by atoms with Crippen molar-refractivity contribution in [3.05, 3.63) is 107 Å². The lowest BCUT2D eigenvalue weighted by Gasteiger charge is -2.33. The second kappa shape index (κ2) is 10.3. The first-order valence-electron chi connectivity index (χ1n) is 11.4. The summed E-state index contributed by atoms with van der Waals surface area (Å²) in [4.78, 5) is 27.7. The maximum atomic E-state index is 13.0. The van der Waals surface area contributed by atoms with Gasteiger partial charge in [0.2, 0.25) is 0 Å². The zero-order valence-corrected chi connectivity index (χ0v) is 18.6. The van der Waals surface area contributed by atoms with E-state index in [0.717, 1.165) is 42.5 Å². The van der Waals surface area contributed by atoms with Gasteiger partial charge in [0.25, 0.3) is 11.8 Å². The molecule has 0 aromatic heterocycles. The minimum atomic E-state index is -0.0736. The predicted molar refractivity (Wildman–Crippen MR) is 128 cm³/mol. The number of hydrogen-bond donors (Lipinski definition) is 1. The minimum Gasteiger partial charge on any atom is -0.348 e. The monoisotopic (exact) mass is 426 g/mol. The van der Waals surface area contributed by atoms with Crippen LogP contribution < -0.4 is 5.32 Å². The summed E-state index contributed by atoms with van der Waals surface area (Å²) in [5, 5.41) is 3.00. The molecule has 0 spiro atoms. The number of amides is 2. The Morgan fingerprint density at radius 2 is 1.69 bits per heavy atom. The van der Waals surface area contributed by atoms with Gasteiger partial charge in [-0.25, -0.2) is 0 Å². The van der Waals surface area contributed by atoms with Crippen molar-refractivity contribution in [3.8, 4) is 0 Å². The molecule has 0 aliphatic carbocycles. The van der Waals surface area contributed by atoms with E-state index >= 15 is 0 Å². The van der Waals surface area contributed by atoms with Gasteiger partial charge >= 0.3 is 0 Å². The summed E-state index contributed by atoms with van der Waals surface area (Å²) in [6.07, 6.45) is 2.96. The van der Waals surface area contributed by atoms with Gasteiger partial charge in [-0.05, 0) is 60.2 Å². The fourth-order valence-electron chi connectivity index (χ4n) is 4.31. The van der Waals surface area contributed by atoms with Crippen LogP contribution in [0.1, 0.15) is 63.1 Å². The highest BCUT2D eigenvalue weighted by molar-refractivity contribution is 5.95. The van der Waals surface area contributed by atoms with Crippen LogP contribution in [0.15, 0.2) is 78.9 Å². The van der Waals surface area contributed by atoms with Crippen LogP contribution in [0.3, 0.4) is 0 Å². The molecule has 0 bridgehead atoms. The van der Waals surface area contributed by atoms with E-state index in [1.165, 1.54) is 5.56 Å². The smallest absolute Gasteiger partial charge is 0.253 e. The van der Waals surface area contributed by atoms with Crippen molar-refractivity contribution < 1.29 is 9.59 Å². The molecule has 1 aliphatic heterocycles. The lowest BCUT2D eigenvalue weighted by atomic mass is 9.89. The van der Waals surface area contributed by atoms with Gasteiger partial charge in [0.15, 0.2) is 0 Å². The molecule has 4 nitrogen and oxygen atoms in total. The lowest BCUT2D eigenvalue weighted by molar-refractivity contribution is 0.0706. The molecule has 32 heavy (non-hydrogen) atoms. The molecule has 1 heterocycles. The molecule has 1 saturated heterocycles. The predicted octanol–water partition coefficient (Wildman–Crippen LogP) is 5.20. The average Bonchev–Trinajstić information content (AvgIpc) is 2.87. The molecule has 3 aromatic rings. The topological polar surface area (TPSA) is 49.4 Å². The Morgan fingerprint density at radius 1 is 0.906 bits per heavy atom. The summed E-state index contributed by atoms with van der Waals surface area (Å²) in [5.41, 5.74) is 4.84. The molecule has 0 saturated carbocycles. The Labute approximate surface area is 190 Å².